The molecule has 220 valence electrons. The lowest BCUT2D eigenvalue weighted by molar-refractivity contribution is -0.138. The maximum Gasteiger partial charge on any atom is 0.416 e. The van der Waals surface area contributed by atoms with Crippen molar-refractivity contribution >= 4 is 17.3 Å². The molecular formula is C32H45F3N4O. The highest BCUT2D eigenvalue weighted by molar-refractivity contribution is 5.76. The lowest BCUT2D eigenvalue weighted by Crippen LogP contribution is -2.42. The lowest BCUT2D eigenvalue weighted by atomic mass is 9.87. The second-order valence-electron chi connectivity index (χ2n) is 12.4. The maximum atomic E-state index is 13.2. The normalized spacial score (nSPS) is 18.1. The van der Waals surface area contributed by atoms with Gasteiger partial charge in [-0.25, -0.2) is 0 Å². The number of likely N-dealkylation sites (tertiary alicyclic amines) is 1. The number of carbonyl (C=O) groups is 1. The van der Waals surface area contributed by atoms with Gasteiger partial charge in [0.2, 0.25) is 5.91 Å². The standard InChI is InChI=1S/C32H45F3N4O/c1-24-8-11-27(23-29(24)32(33,34)35)36-26-14-19-39(20-15-26)30(40)7-5-16-37-17-6-18-38(22-21-37)28-12-9-25(10-13-28)31(2,3)4/h8-13,23,26,36H,5-7,14-22H2,1-4H3. The van der Waals surface area contributed by atoms with Gasteiger partial charge in [0.05, 0.1) is 5.56 Å². The van der Waals surface area contributed by atoms with E-state index < -0.39 is 11.7 Å². The molecule has 0 saturated carbocycles. The number of piperidine rings is 1. The van der Waals surface area contributed by atoms with Crippen LogP contribution in [0.4, 0.5) is 24.5 Å². The van der Waals surface area contributed by atoms with Gasteiger partial charge in [0.25, 0.3) is 0 Å². The predicted molar refractivity (Wildman–Crippen MR) is 157 cm³/mol. The summed E-state index contributed by atoms with van der Waals surface area (Å²) in [7, 11) is 0. The molecule has 1 N–H and O–H groups in total. The molecule has 0 aromatic heterocycles. The number of benzene rings is 2. The molecule has 2 aliphatic heterocycles. The van der Waals surface area contributed by atoms with Gasteiger partial charge in [0.1, 0.15) is 0 Å². The fourth-order valence-corrected chi connectivity index (χ4v) is 5.76. The van der Waals surface area contributed by atoms with Crippen LogP contribution in [0, 0.1) is 6.92 Å². The van der Waals surface area contributed by atoms with Crippen molar-refractivity contribution in [2.45, 2.75) is 77.4 Å². The highest BCUT2D eigenvalue weighted by atomic mass is 19.4. The second-order valence-corrected chi connectivity index (χ2v) is 12.4. The quantitative estimate of drug-likeness (QED) is 0.410. The third-order valence-corrected chi connectivity index (χ3v) is 8.31. The topological polar surface area (TPSA) is 38.8 Å². The lowest BCUT2D eigenvalue weighted by Gasteiger charge is -2.33. The summed E-state index contributed by atoms with van der Waals surface area (Å²) >= 11 is 0. The largest absolute Gasteiger partial charge is 0.416 e. The molecule has 40 heavy (non-hydrogen) atoms. The van der Waals surface area contributed by atoms with Crippen LogP contribution in [0.2, 0.25) is 0 Å². The molecule has 0 bridgehead atoms. The predicted octanol–water partition coefficient (Wildman–Crippen LogP) is 6.71. The average Bonchev–Trinajstić information content (AvgIpc) is 3.15. The van der Waals surface area contributed by atoms with Crippen LogP contribution in [0.1, 0.15) is 69.6 Å². The van der Waals surface area contributed by atoms with E-state index in [0.29, 0.717) is 25.2 Å². The van der Waals surface area contributed by atoms with Crippen molar-refractivity contribution in [3.05, 3.63) is 59.2 Å². The Balaban J connectivity index is 1.16. The smallest absolute Gasteiger partial charge is 0.382 e. The van der Waals surface area contributed by atoms with Gasteiger partial charge < -0.3 is 20.0 Å². The first-order valence-electron chi connectivity index (χ1n) is 14.7. The number of carbonyl (C=O) groups excluding carboxylic acids is 1. The van der Waals surface area contributed by atoms with Crippen LogP contribution >= 0.6 is 0 Å². The number of alkyl halides is 3. The number of hydrogen-bond donors (Lipinski definition) is 1. The van der Waals surface area contributed by atoms with E-state index in [9.17, 15) is 18.0 Å². The first-order valence-corrected chi connectivity index (χ1v) is 14.7. The Labute approximate surface area is 237 Å². The van der Waals surface area contributed by atoms with Gasteiger partial charge in [0.15, 0.2) is 0 Å². The molecule has 0 unspecified atom stereocenters. The monoisotopic (exact) mass is 558 g/mol. The molecular weight excluding hydrogens is 513 g/mol. The molecule has 2 saturated heterocycles. The van der Waals surface area contributed by atoms with Gasteiger partial charge in [0, 0.05) is 56.6 Å². The second kappa shape index (κ2) is 12.8. The molecule has 2 fully saturated rings. The van der Waals surface area contributed by atoms with Crippen LogP contribution in [0.5, 0.6) is 0 Å². The van der Waals surface area contributed by atoms with E-state index in [4.69, 9.17) is 0 Å². The Kier molecular flexibility index (Phi) is 9.70. The van der Waals surface area contributed by atoms with Gasteiger partial charge in [-0.3, -0.25) is 4.79 Å². The number of nitrogens with one attached hydrogen (secondary N) is 1. The highest BCUT2D eigenvalue weighted by Crippen LogP contribution is 2.34. The van der Waals surface area contributed by atoms with Crippen LogP contribution in [-0.2, 0) is 16.4 Å². The molecule has 2 aromatic carbocycles. The minimum absolute atomic E-state index is 0.0672. The first-order chi connectivity index (χ1) is 18.9. The van der Waals surface area contributed by atoms with E-state index in [1.165, 1.54) is 30.3 Å². The SMILES string of the molecule is Cc1ccc(NC2CCN(C(=O)CCCN3CCCN(c4ccc(C(C)(C)C)cc4)CC3)CC2)cc1C(F)(F)F. The summed E-state index contributed by atoms with van der Waals surface area (Å²) in [6.07, 6.45) is -0.386. The average molecular weight is 559 g/mol. The summed E-state index contributed by atoms with van der Waals surface area (Å²) in [4.78, 5) is 19.7. The van der Waals surface area contributed by atoms with Gasteiger partial charge in [-0.15, -0.1) is 0 Å². The number of aryl methyl sites for hydroxylation is 1. The van der Waals surface area contributed by atoms with Gasteiger partial charge in [-0.1, -0.05) is 39.0 Å². The summed E-state index contributed by atoms with van der Waals surface area (Å²) in [5, 5.41) is 3.25. The van der Waals surface area contributed by atoms with Crippen molar-refractivity contribution in [1.82, 2.24) is 9.80 Å². The molecule has 4 rings (SSSR count). The Hall–Kier alpha value is -2.74. The van der Waals surface area contributed by atoms with Crippen LogP contribution in [0.15, 0.2) is 42.5 Å². The summed E-state index contributed by atoms with van der Waals surface area (Å²) in [5.74, 6) is 0.184. The van der Waals surface area contributed by atoms with E-state index in [1.54, 1.807) is 6.07 Å². The highest BCUT2D eigenvalue weighted by Gasteiger charge is 2.33. The fourth-order valence-electron chi connectivity index (χ4n) is 5.76. The Morgan fingerprint density at radius 1 is 0.925 bits per heavy atom. The molecule has 2 heterocycles. The third kappa shape index (κ3) is 8.15. The maximum absolute atomic E-state index is 13.2. The van der Waals surface area contributed by atoms with E-state index in [0.717, 1.165) is 58.4 Å². The Morgan fingerprint density at radius 2 is 1.62 bits per heavy atom. The van der Waals surface area contributed by atoms with Crippen LogP contribution in [0.25, 0.3) is 0 Å². The zero-order chi connectivity index (χ0) is 28.9. The van der Waals surface area contributed by atoms with Crippen molar-refractivity contribution in [3.8, 4) is 0 Å². The number of rotatable bonds is 7. The van der Waals surface area contributed by atoms with E-state index in [-0.39, 0.29) is 22.9 Å². The molecule has 1 amide bonds. The number of amides is 1. The Morgan fingerprint density at radius 3 is 2.27 bits per heavy atom. The molecule has 8 heteroatoms. The molecule has 0 spiro atoms. The summed E-state index contributed by atoms with van der Waals surface area (Å²) < 4.78 is 39.7. The van der Waals surface area contributed by atoms with E-state index in [1.807, 2.05) is 4.90 Å². The van der Waals surface area contributed by atoms with Crippen molar-refractivity contribution in [2.24, 2.45) is 0 Å². The third-order valence-electron chi connectivity index (χ3n) is 8.31. The molecule has 5 nitrogen and oxygen atoms in total. The minimum Gasteiger partial charge on any atom is -0.382 e. The van der Waals surface area contributed by atoms with Gasteiger partial charge >= 0.3 is 6.18 Å². The van der Waals surface area contributed by atoms with Crippen LogP contribution < -0.4 is 10.2 Å². The van der Waals surface area contributed by atoms with Crippen molar-refractivity contribution in [1.29, 1.82) is 0 Å². The zero-order valence-corrected chi connectivity index (χ0v) is 24.5. The first kappa shape index (κ1) is 30.2. The Bertz CT molecular complexity index is 1120. The number of hydrogen-bond acceptors (Lipinski definition) is 4. The van der Waals surface area contributed by atoms with Crippen molar-refractivity contribution < 1.29 is 18.0 Å². The summed E-state index contributed by atoms with van der Waals surface area (Å²) in [5.41, 5.74) is 2.90. The van der Waals surface area contributed by atoms with Gasteiger partial charge in [-0.05, 0) is 86.5 Å². The minimum atomic E-state index is -4.36. The molecule has 2 aromatic rings. The van der Waals surface area contributed by atoms with E-state index >= 15 is 0 Å². The van der Waals surface area contributed by atoms with Crippen molar-refractivity contribution in [3.63, 3.8) is 0 Å². The molecule has 0 radical (unpaired) electrons. The van der Waals surface area contributed by atoms with E-state index in [2.05, 4.69) is 60.2 Å². The summed E-state index contributed by atoms with van der Waals surface area (Å²) in [6, 6.07) is 13.4. The van der Waals surface area contributed by atoms with Crippen LogP contribution in [-0.4, -0.2) is 67.6 Å². The number of anilines is 2. The fraction of sp³-hybridized carbons (Fsp3) is 0.594. The van der Waals surface area contributed by atoms with Gasteiger partial charge in [-0.2, -0.15) is 13.2 Å². The van der Waals surface area contributed by atoms with Crippen LogP contribution in [0.3, 0.4) is 0 Å². The number of halogens is 3. The molecule has 2 aliphatic rings. The number of nitrogens with zero attached hydrogens (tertiary/aromatic N) is 3. The zero-order valence-electron chi connectivity index (χ0n) is 24.5. The van der Waals surface area contributed by atoms with Crippen molar-refractivity contribution in [2.75, 3.05) is 56.0 Å². The summed E-state index contributed by atoms with van der Waals surface area (Å²) in [6.45, 7) is 14.5. The molecule has 0 aliphatic carbocycles. The molecule has 0 atom stereocenters.